The minimum absolute atomic E-state index is 0.0451. The molecule has 0 aliphatic heterocycles. The van der Waals surface area contributed by atoms with Gasteiger partial charge in [-0.2, -0.15) is 13.2 Å². The van der Waals surface area contributed by atoms with E-state index in [0.717, 1.165) is 5.56 Å². The Morgan fingerprint density at radius 2 is 1.81 bits per heavy atom. The molecule has 5 heteroatoms. The van der Waals surface area contributed by atoms with Gasteiger partial charge >= 0.3 is 6.18 Å². The summed E-state index contributed by atoms with van der Waals surface area (Å²) in [7, 11) is 0. The van der Waals surface area contributed by atoms with Crippen LogP contribution in [0.15, 0.2) is 24.3 Å². The third-order valence-electron chi connectivity index (χ3n) is 1.92. The van der Waals surface area contributed by atoms with E-state index in [-0.39, 0.29) is 13.0 Å². The molecule has 0 unspecified atom stereocenters. The highest BCUT2D eigenvalue weighted by molar-refractivity contribution is 5.76. The molecule has 2 nitrogen and oxygen atoms in total. The molecule has 0 bridgehead atoms. The van der Waals surface area contributed by atoms with E-state index in [9.17, 15) is 13.2 Å². The molecule has 16 heavy (non-hydrogen) atoms. The molecule has 0 aliphatic carbocycles. The van der Waals surface area contributed by atoms with Crippen LogP contribution in [0.4, 0.5) is 13.2 Å². The first-order chi connectivity index (χ1) is 7.51. The molecule has 0 fully saturated rings. The van der Waals surface area contributed by atoms with Crippen molar-refractivity contribution in [3.8, 4) is 5.75 Å². The van der Waals surface area contributed by atoms with Crippen molar-refractivity contribution >= 4 is 6.21 Å². The van der Waals surface area contributed by atoms with E-state index >= 15 is 0 Å². The topological polar surface area (TPSA) is 33.1 Å². The number of hydrogen-bond acceptors (Lipinski definition) is 2. The van der Waals surface area contributed by atoms with E-state index in [1.54, 1.807) is 24.3 Å². The predicted octanol–water partition coefficient (Wildman–Crippen LogP) is 3.41. The van der Waals surface area contributed by atoms with E-state index in [4.69, 9.17) is 10.1 Å². The van der Waals surface area contributed by atoms with Gasteiger partial charge in [-0.3, -0.25) is 0 Å². The Hall–Kier alpha value is -1.52. The summed E-state index contributed by atoms with van der Waals surface area (Å²) in [6.45, 7) is 0.0451. The second-order valence-electron chi connectivity index (χ2n) is 3.28. The monoisotopic (exact) mass is 231 g/mol. The molecule has 0 aliphatic rings. The van der Waals surface area contributed by atoms with Gasteiger partial charge < -0.3 is 10.1 Å². The number of nitrogens with one attached hydrogen (secondary N) is 1. The molecule has 0 aromatic heterocycles. The quantitative estimate of drug-likeness (QED) is 0.611. The zero-order chi connectivity index (χ0) is 12.0. The van der Waals surface area contributed by atoms with E-state index < -0.39 is 12.6 Å². The van der Waals surface area contributed by atoms with Crippen LogP contribution in [-0.4, -0.2) is 19.0 Å². The highest BCUT2D eigenvalue weighted by Gasteiger charge is 2.25. The summed E-state index contributed by atoms with van der Waals surface area (Å²) >= 11 is 0. The van der Waals surface area contributed by atoms with Crippen molar-refractivity contribution in [1.29, 1.82) is 5.41 Å². The third kappa shape index (κ3) is 4.82. The third-order valence-corrected chi connectivity index (χ3v) is 1.92. The number of rotatable bonds is 5. The molecule has 0 amide bonds. The SMILES string of the molecule is N=Cc1ccc(OCCCC(F)(F)F)cc1. The Morgan fingerprint density at radius 3 is 2.31 bits per heavy atom. The molecule has 0 atom stereocenters. The Labute approximate surface area is 91.6 Å². The van der Waals surface area contributed by atoms with Gasteiger partial charge in [0.25, 0.3) is 0 Å². The van der Waals surface area contributed by atoms with Crippen molar-refractivity contribution in [2.75, 3.05) is 6.61 Å². The van der Waals surface area contributed by atoms with Crippen LogP contribution in [0.3, 0.4) is 0 Å². The van der Waals surface area contributed by atoms with Crippen molar-refractivity contribution < 1.29 is 17.9 Å². The molecule has 1 rings (SSSR count). The Kier molecular flexibility index (Phi) is 4.34. The molecule has 88 valence electrons. The van der Waals surface area contributed by atoms with Crippen LogP contribution in [0.25, 0.3) is 0 Å². The fourth-order valence-corrected chi connectivity index (χ4v) is 1.12. The minimum Gasteiger partial charge on any atom is -0.494 e. The standard InChI is InChI=1S/C11H12F3NO/c12-11(13,14)6-1-7-16-10-4-2-9(8-15)3-5-10/h2-5,8,15H,1,6-7H2. The largest absolute Gasteiger partial charge is 0.494 e. The summed E-state index contributed by atoms with van der Waals surface area (Å²) in [5, 5.41) is 6.96. The van der Waals surface area contributed by atoms with Crippen LogP contribution < -0.4 is 4.74 Å². The highest BCUT2D eigenvalue weighted by atomic mass is 19.4. The van der Waals surface area contributed by atoms with Gasteiger partial charge in [-0.1, -0.05) is 0 Å². The van der Waals surface area contributed by atoms with Crippen LogP contribution in [0.2, 0.25) is 0 Å². The molecule has 1 aromatic rings. The zero-order valence-electron chi connectivity index (χ0n) is 8.55. The second kappa shape index (κ2) is 5.53. The van der Waals surface area contributed by atoms with Crippen LogP contribution in [0.1, 0.15) is 18.4 Å². The van der Waals surface area contributed by atoms with Gasteiger partial charge in [0.15, 0.2) is 0 Å². The summed E-state index contributed by atoms with van der Waals surface area (Å²) < 4.78 is 40.5. The van der Waals surface area contributed by atoms with E-state index in [1.807, 2.05) is 0 Å². The summed E-state index contributed by atoms with van der Waals surface area (Å²) in [6, 6.07) is 6.61. The summed E-state index contributed by atoms with van der Waals surface area (Å²) in [5.74, 6) is 0.521. The van der Waals surface area contributed by atoms with Crippen LogP contribution >= 0.6 is 0 Å². The van der Waals surface area contributed by atoms with Crippen molar-refractivity contribution in [3.63, 3.8) is 0 Å². The predicted molar refractivity (Wildman–Crippen MR) is 55.1 cm³/mol. The Bertz CT molecular complexity index is 332. The molecular weight excluding hydrogens is 219 g/mol. The summed E-state index contributed by atoms with van der Waals surface area (Å²) in [4.78, 5) is 0. The van der Waals surface area contributed by atoms with Gasteiger partial charge in [0.2, 0.25) is 0 Å². The number of hydrogen-bond donors (Lipinski definition) is 1. The lowest BCUT2D eigenvalue weighted by atomic mass is 10.2. The first-order valence-electron chi connectivity index (χ1n) is 4.81. The average molecular weight is 231 g/mol. The molecule has 0 saturated carbocycles. The van der Waals surface area contributed by atoms with E-state index in [1.165, 1.54) is 6.21 Å². The van der Waals surface area contributed by atoms with Gasteiger partial charge in [0, 0.05) is 12.6 Å². The minimum atomic E-state index is -4.12. The Balaban J connectivity index is 2.29. The summed E-state index contributed by atoms with van der Waals surface area (Å²) in [6.07, 6.45) is -3.80. The van der Waals surface area contributed by atoms with Crippen LogP contribution in [-0.2, 0) is 0 Å². The van der Waals surface area contributed by atoms with E-state index in [0.29, 0.717) is 5.75 Å². The lowest BCUT2D eigenvalue weighted by molar-refractivity contribution is -0.136. The number of ether oxygens (including phenoxy) is 1. The molecule has 1 N–H and O–H groups in total. The number of halogens is 3. The molecule has 1 aromatic carbocycles. The van der Waals surface area contributed by atoms with Gasteiger partial charge in [-0.25, -0.2) is 0 Å². The van der Waals surface area contributed by atoms with Gasteiger partial charge in [-0.15, -0.1) is 0 Å². The summed E-state index contributed by atoms with van der Waals surface area (Å²) in [5.41, 5.74) is 0.725. The van der Waals surface area contributed by atoms with Gasteiger partial charge in [-0.05, 0) is 36.2 Å². The van der Waals surface area contributed by atoms with Crippen molar-refractivity contribution in [1.82, 2.24) is 0 Å². The smallest absolute Gasteiger partial charge is 0.389 e. The first-order valence-corrected chi connectivity index (χ1v) is 4.81. The maximum atomic E-state index is 11.8. The molecule has 0 heterocycles. The maximum absolute atomic E-state index is 11.8. The molecule has 0 radical (unpaired) electrons. The number of alkyl halides is 3. The molecule has 0 spiro atoms. The van der Waals surface area contributed by atoms with Gasteiger partial charge in [0.05, 0.1) is 6.61 Å². The molecular formula is C11H12F3NO. The lowest BCUT2D eigenvalue weighted by Gasteiger charge is -2.08. The maximum Gasteiger partial charge on any atom is 0.389 e. The fraction of sp³-hybridized carbons (Fsp3) is 0.364. The lowest BCUT2D eigenvalue weighted by Crippen LogP contribution is -2.09. The normalized spacial score (nSPS) is 11.2. The fourth-order valence-electron chi connectivity index (χ4n) is 1.12. The highest BCUT2D eigenvalue weighted by Crippen LogP contribution is 2.21. The molecule has 0 saturated heterocycles. The second-order valence-corrected chi connectivity index (χ2v) is 3.28. The first kappa shape index (κ1) is 12.5. The van der Waals surface area contributed by atoms with Crippen LogP contribution in [0, 0.1) is 5.41 Å². The van der Waals surface area contributed by atoms with Crippen molar-refractivity contribution in [2.45, 2.75) is 19.0 Å². The number of benzene rings is 1. The average Bonchev–Trinajstić information content (AvgIpc) is 2.24. The van der Waals surface area contributed by atoms with Crippen molar-refractivity contribution in [3.05, 3.63) is 29.8 Å². The van der Waals surface area contributed by atoms with Gasteiger partial charge in [0.1, 0.15) is 5.75 Å². The van der Waals surface area contributed by atoms with Crippen molar-refractivity contribution in [2.24, 2.45) is 0 Å². The van der Waals surface area contributed by atoms with Crippen LogP contribution in [0.5, 0.6) is 5.75 Å². The van der Waals surface area contributed by atoms with E-state index in [2.05, 4.69) is 0 Å². The zero-order valence-corrected chi connectivity index (χ0v) is 8.55. The Morgan fingerprint density at radius 1 is 1.19 bits per heavy atom.